The molecule has 0 aliphatic rings. The molecule has 0 radical (unpaired) electrons. The van der Waals surface area contributed by atoms with Crippen LogP contribution >= 0.6 is 0 Å². The highest BCUT2D eigenvalue weighted by Crippen LogP contribution is 2.16. The third-order valence-corrected chi connectivity index (χ3v) is 4.18. The van der Waals surface area contributed by atoms with E-state index in [1.807, 2.05) is 56.3 Å². The Bertz CT molecular complexity index is 772. The number of nitrogens with zero attached hydrogens (tertiary/aromatic N) is 1. The van der Waals surface area contributed by atoms with E-state index in [0.717, 1.165) is 22.4 Å². The summed E-state index contributed by atoms with van der Waals surface area (Å²) in [6.07, 6.45) is -0.621. The van der Waals surface area contributed by atoms with E-state index in [9.17, 15) is 9.59 Å². The first kappa shape index (κ1) is 21.3. The SMILES string of the molecule is Cc1cc(C)cc(OCCN(C)C(=O)[C@H](C)NC(=O)OCc2ccccc2)c1. The van der Waals surface area contributed by atoms with Crippen molar-refractivity contribution in [1.82, 2.24) is 10.2 Å². The van der Waals surface area contributed by atoms with Crippen LogP contribution in [0.25, 0.3) is 0 Å². The Kier molecular flexibility index (Phi) is 7.87. The van der Waals surface area contributed by atoms with Crippen molar-refractivity contribution in [3.05, 3.63) is 65.2 Å². The molecule has 0 saturated heterocycles. The first-order valence-corrected chi connectivity index (χ1v) is 9.28. The average molecular weight is 384 g/mol. The summed E-state index contributed by atoms with van der Waals surface area (Å²) in [6.45, 7) is 6.60. The normalized spacial score (nSPS) is 11.4. The maximum Gasteiger partial charge on any atom is 0.408 e. The summed E-state index contributed by atoms with van der Waals surface area (Å²) in [4.78, 5) is 25.8. The lowest BCUT2D eigenvalue weighted by atomic mass is 10.1. The first-order valence-electron chi connectivity index (χ1n) is 9.28. The molecule has 0 unspecified atom stereocenters. The van der Waals surface area contributed by atoms with Gasteiger partial charge in [-0.05, 0) is 49.6 Å². The molecule has 1 N–H and O–H groups in total. The van der Waals surface area contributed by atoms with Gasteiger partial charge in [-0.15, -0.1) is 0 Å². The van der Waals surface area contributed by atoms with Crippen molar-refractivity contribution in [2.45, 2.75) is 33.4 Å². The maximum absolute atomic E-state index is 12.4. The molecule has 6 heteroatoms. The monoisotopic (exact) mass is 384 g/mol. The molecule has 0 aromatic heterocycles. The predicted octanol–water partition coefficient (Wildman–Crippen LogP) is 3.46. The summed E-state index contributed by atoms with van der Waals surface area (Å²) >= 11 is 0. The van der Waals surface area contributed by atoms with E-state index >= 15 is 0 Å². The largest absolute Gasteiger partial charge is 0.492 e. The average Bonchev–Trinajstić information content (AvgIpc) is 2.65. The molecular formula is C22H28N2O4. The van der Waals surface area contributed by atoms with E-state index in [4.69, 9.17) is 9.47 Å². The quantitative estimate of drug-likeness (QED) is 0.757. The van der Waals surface area contributed by atoms with Gasteiger partial charge in [-0.3, -0.25) is 4.79 Å². The van der Waals surface area contributed by atoms with Crippen LogP contribution in [-0.2, 0) is 16.1 Å². The van der Waals surface area contributed by atoms with Crippen molar-refractivity contribution >= 4 is 12.0 Å². The third-order valence-electron chi connectivity index (χ3n) is 4.18. The molecule has 0 saturated carbocycles. The number of hydrogen-bond acceptors (Lipinski definition) is 4. The Morgan fingerprint density at radius 3 is 2.36 bits per heavy atom. The fourth-order valence-electron chi connectivity index (χ4n) is 2.76. The van der Waals surface area contributed by atoms with Crippen LogP contribution < -0.4 is 10.1 Å². The molecule has 0 aliphatic heterocycles. The minimum absolute atomic E-state index is 0.160. The fraction of sp³-hybridized carbons (Fsp3) is 0.364. The van der Waals surface area contributed by atoms with Crippen molar-refractivity contribution in [3.63, 3.8) is 0 Å². The zero-order valence-electron chi connectivity index (χ0n) is 16.9. The number of ether oxygens (including phenoxy) is 2. The lowest BCUT2D eigenvalue weighted by molar-refractivity contribution is -0.131. The molecule has 0 heterocycles. The van der Waals surface area contributed by atoms with E-state index in [0.29, 0.717) is 13.2 Å². The van der Waals surface area contributed by atoms with Crippen LogP contribution in [0.2, 0.25) is 0 Å². The number of carbonyl (C=O) groups is 2. The van der Waals surface area contributed by atoms with Gasteiger partial charge in [0.15, 0.2) is 0 Å². The molecule has 2 aromatic rings. The van der Waals surface area contributed by atoms with Crippen LogP contribution in [0.4, 0.5) is 4.79 Å². The molecule has 28 heavy (non-hydrogen) atoms. The zero-order chi connectivity index (χ0) is 20.5. The smallest absolute Gasteiger partial charge is 0.408 e. The topological polar surface area (TPSA) is 67.9 Å². The Morgan fingerprint density at radius 2 is 1.71 bits per heavy atom. The molecular weight excluding hydrogens is 356 g/mol. The highest BCUT2D eigenvalue weighted by Gasteiger charge is 2.20. The second-order valence-corrected chi connectivity index (χ2v) is 6.86. The van der Waals surface area contributed by atoms with Crippen LogP contribution in [0.15, 0.2) is 48.5 Å². The Balaban J connectivity index is 1.72. The minimum Gasteiger partial charge on any atom is -0.492 e. The van der Waals surface area contributed by atoms with Gasteiger partial charge < -0.3 is 19.7 Å². The van der Waals surface area contributed by atoms with Crippen molar-refractivity contribution in [2.24, 2.45) is 0 Å². The van der Waals surface area contributed by atoms with E-state index in [-0.39, 0.29) is 12.5 Å². The molecule has 0 bridgehead atoms. The van der Waals surface area contributed by atoms with Crippen molar-refractivity contribution in [3.8, 4) is 5.75 Å². The van der Waals surface area contributed by atoms with Gasteiger partial charge in [0.25, 0.3) is 0 Å². The summed E-state index contributed by atoms with van der Waals surface area (Å²) in [5.74, 6) is 0.578. The van der Waals surface area contributed by atoms with Crippen LogP contribution in [-0.4, -0.2) is 43.1 Å². The summed E-state index contributed by atoms with van der Waals surface area (Å²) in [5, 5.41) is 2.56. The molecule has 0 fully saturated rings. The molecule has 0 aliphatic carbocycles. The number of carbonyl (C=O) groups excluding carboxylic acids is 2. The van der Waals surface area contributed by atoms with Gasteiger partial charge in [0, 0.05) is 7.05 Å². The van der Waals surface area contributed by atoms with Gasteiger partial charge in [0.05, 0.1) is 6.54 Å². The maximum atomic E-state index is 12.4. The van der Waals surface area contributed by atoms with E-state index in [2.05, 4.69) is 11.4 Å². The van der Waals surface area contributed by atoms with Gasteiger partial charge in [0.1, 0.15) is 25.0 Å². The number of alkyl carbamates (subject to hydrolysis) is 1. The van der Waals surface area contributed by atoms with Gasteiger partial charge in [0.2, 0.25) is 5.91 Å². The number of rotatable bonds is 8. The highest BCUT2D eigenvalue weighted by molar-refractivity contribution is 5.85. The van der Waals surface area contributed by atoms with Crippen molar-refractivity contribution < 1.29 is 19.1 Å². The van der Waals surface area contributed by atoms with Gasteiger partial charge in [-0.1, -0.05) is 36.4 Å². The number of nitrogens with one attached hydrogen (secondary N) is 1. The summed E-state index contributed by atoms with van der Waals surface area (Å²) in [7, 11) is 1.68. The van der Waals surface area contributed by atoms with Gasteiger partial charge in [-0.2, -0.15) is 0 Å². The van der Waals surface area contributed by atoms with Gasteiger partial charge >= 0.3 is 6.09 Å². The third kappa shape index (κ3) is 6.95. The molecule has 2 amide bonds. The van der Waals surface area contributed by atoms with Crippen LogP contribution in [0, 0.1) is 13.8 Å². The second kappa shape index (κ2) is 10.3. The Labute approximate surface area is 166 Å². The highest BCUT2D eigenvalue weighted by atomic mass is 16.5. The number of likely N-dealkylation sites (N-methyl/N-ethyl adjacent to an activating group) is 1. The standard InChI is InChI=1S/C22H28N2O4/c1-16-12-17(2)14-20(13-16)27-11-10-24(4)21(25)18(3)23-22(26)28-15-19-8-6-5-7-9-19/h5-9,12-14,18H,10-11,15H2,1-4H3,(H,23,26)/t18-/m0/s1. The fourth-order valence-corrected chi connectivity index (χ4v) is 2.76. The van der Waals surface area contributed by atoms with E-state index in [1.165, 1.54) is 4.90 Å². The number of hydrogen-bond donors (Lipinski definition) is 1. The molecule has 6 nitrogen and oxygen atoms in total. The Hall–Kier alpha value is -3.02. The summed E-state index contributed by atoms with van der Waals surface area (Å²) in [6, 6.07) is 14.7. The minimum atomic E-state index is -0.686. The van der Waals surface area contributed by atoms with Crippen LogP contribution in [0.3, 0.4) is 0 Å². The molecule has 2 aromatic carbocycles. The lowest BCUT2D eigenvalue weighted by Gasteiger charge is -2.22. The van der Waals surface area contributed by atoms with Crippen LogP contribution in [0.1, 0.15) is 23.6 Å². The number of amides is 2. The van der Waals surface area contributed by atoms with Gasteiger partial charge in [-0.25, -0.2) is 4.79 Å². The van der Waals surface area contributed by atoms with E-state index in [1.54, 1.807) is 14.0 Å². The molecule has 1 atom stereocenters. The predicted molar refractivity (Wildman–Crippen MR) is 108 cm³/mol. The summed E-state index contributed by atoms with van der Waals surface area (Å²) in [5.41, 5.74) is 3.15. The van der Waals surface area contributed by atoms with Crippen LogP contribution in [0.5, 0.6) is 5.75 Å². The summed E-state index contributed by atoms with van der Waals surface area (Å²) < 4.78 is 10.9. The number of aryl methyl sites for hydroxylation is 2. The molecule has 0 spiro atoms. The number of benzene rings is 2. The van der Waals surface area contributed by atoms with Crippen molar-refractivity contribution in [1.29, 1.82) is 0 Å². The lowest BCUT2D eigenvalue weighted by Crippen LogP contribution is -2.46. The van der Waals surface area contributed by atoms with Crippen molar-refractivity contribution in [2.75, 3.05) is 20.2 Å². The Morgan fingerprint density at radius 1 is 1.07 bits per heavy atom. The van der Waals surface area contributed by atoms with E-state index < -0.39 is 12.1 Å². The second-order valence-electron chi connectivity index (χ2n) is 6.86. The molecule has 150 valence electrons. The first-order chi connectivity index (χ1) is 13.3. The molecule has 2 rings (SSSR count). The zero-order valence-corrected chi connectivity index (χ0v) is 16.9.